The van der Waals surface area contributed by atoms with E-state index in [2.05, 4.69) is 5.32 Å². The number of ether oxygens (including phenoxy) is 2. The van der Waals surface area contributed by atoms with Crippen molar-refractivity contribution >= 4 is 11.8 Å². The van der Waals surface area contributed by atoms with E-state index in [4.69, 9.17) is 15.2 Å². The molecule has 0 saturated heterocycles. The molecule has 2 aromatic carbocycles. The van der Waals surface area contributed by atoms with Crippen LogP contribution in [0.1, 0.15) is 30.1 Å². The highest BCUT2D eigenvalue weighted by Crippen LogP contribution is 2.34. The zero-order chi connectivity index (χ0) is 21.7. The van der Waals surface area contributed by atoms with E-state index in [0.29, 0.717) is 30.1 Å². The van der Waals surface area contributed by atoms with E-state index in [-0.39, 0.29) is 36.9 Å². The zero-order valence-corrected chi connectivity index (χ0v) is 17.7. The van der Waals surface area contributed by atoms with Crippen molar-refractivity contribution < 1.29 is 19.1 Å². The third kappa shape index (κ3) is 4.91. The van der Waals surface area contributed by atoms with Crippen molar-refractivity contribution in [2.75, 3.05) is 27.3 Å². The molecule has 2 atom stereocenters. The van der Waals surface area contributed by atoms with Crippen molar-refractivity contribution in [2.24, 2.45) is 5.73 Å². The Bertz CT molecular complexity index is 915. The fourth-order valence-electron chi connectivity index (χ4n) is 3.55. The van der Waals surface area contributed by atoms with Crippen molar-refractivity contribution in [1.82, 2.24) is 10.2 Å². The van der Waals surface area contributed by atoms with E-state index < -0.39 is 0 Å². The van der Waals surface area contributed by atoms with Crippen LogP contribution in [0.4, 0.5) is 0 Å². The van der Waals surface area contributed by atoms with Gasteiger partial charge in [-0.05, 0) is 49.2 Å². The Morgan fingerprint density at radius 2 is 1.97 bits per heavy atom. The van der Waals surface area contributed by atoms with E-state index in [0.717, 1.165) is 11.1 Å². The third-order valence-electron chi connectivity index (χ3n) is 5.35. The molecule has 0 fully saturated rings. The Hall–Kier alpha value is -3.06. The molecule has 0 aromatic heterocycles. The first-order valence-electron chi connectivity index (χ1n) is 10.1. The monoisotopic (exact) mass is 411 g/mol. The Morgan fingerprint density at radius 3 is 2.70 bits per heavy atom. The average Bonchev–Trinajstić information content (AvgIpc) is 2.76. The van der Waals surface area contributed by atoms with Crippen LogP contribution in [0.25, 0.3) is 11.1 Å². The molecule has 1 aliphatic rings. The van der Waals surface area contributed by atoms with Crippen LogP contribution in [0.3, 0.4) is 0 Å². The molecule has 0 spiro atoms. The smallest absolute Gasteiger partial charge is 0.253 e. The van der Waals surface area contributed by atoms with Gasteiger partial charge in [-0.3, -0.25) is 9.59 Å². The summed E-state index contributed by atoms with van der Waals surface area (Å²) in [6, 6.07) is 12.6. The van der Waals surface area contributed by atoms with Gasteiger partial charge in [-0.1, -0.05) is 12.1 Å². The maximum Gasteiger partial charge on any atom is 0.253 e. The third-order valence-corrected chi connectivity index (χ3v) is 5.35. The topological polar surface area (TPSA) is 93.9 Å². The predicted octanol–water partition coefficient (Wildman–Crippen LogP) is 2.44. The molecule has 0 unspecified atom stereocenters. The van der Waals surface area contributed by atoms with Crippen LogP contribution in [0, 0.1) is 0 Å². The lowest BCUT2D eigenvalue weighted by atomic mass is 10.0. The van der Waals surface area contributed by atoms with Crippen molar-refractivity contribution in [3.8, 4) is 22.6 Å². The molecule has 1 aliphatic heterocycles. The molecule has 2 bridgehead atoms. The average molecular weight is 412 g/mol. The number of carbonyl (C=O) groups excluding carboxylic acids is 2. The lowest BCUT2D eigenvalue weighted by Crippen LogP contribution is -2.43. The van der Waals surface area contributed by atoms with E-state index in [1.165, 1.54) is 0 Å². The van der Waals surface area contributed by atoms with Gasteiger partial charge < -0.3 is 25.4 Å². The number of carbonyl (C=O) groups is 2. The summed E-state index contributed by atoms with van der Waals surface area (Å²) in [5.41, 5.74) is 8.12. The van der Waals surface area contributed by atoms with Crippen molar-refractivity contribution in [3.05, 3.63) is 48.0 Å². The molecule has 0 saturated carbocycles. The Kier molecular flexibility index (Phi) is 6.95. The first-order chi connectivity index (χ1) is 14.4. The number of hydrogen-bond donors (Lipinski definition) is 2. The Morgan fingerprint density at radius 1 is 1.20 bits per heavy atom. The van der Waals surface area contributed by atoms with Crippen molar-refractivity contribution in [2.45, 2.75) is 31.8 Å². The highest BCUT2D eigenvalue weighted by molar-refractivity contribution is 5.96. The molecule has 2 aromatic rings. The number of nitrogens with one attached hydrogen (secondary N) is 1. The summed E-state index contributed by atoms with van der Waals surface area (Å²) in [6.45, 7) is 2.51. The molecular formula is C23H29N3O4. The lowest BCUT2D eigenvalue weighted by Gasteiger charge is -2.27. The van der Waals surface area contributed by atoms with Crippen LogP contribution in [-0.2, 0) is 4.79 Å². The second-order valence-electron chi connectivity index (χ2n) is 7.57. The number of hydrogen-bond acceptors (Lipinski definition) is 5. The quantitative estimate of drug-likeness (QED) is 0.792. The fourth-order valence-corrected chi connectivity index (χ4v) is 3.55. The highest BCUT2D eigenvalue weighted by atomic mass is 16.5. The van der Waals surface area contributed by atoms with E-state index in [1.807, 2.05) is 43.3 Å². The zero-order valence-electron chi connectivity index (χ0n) is 17.7. The van der Waals surface area contributed by atoms with Gasteiger partial charge in [0, 0.05) is 37.2 Å². The highest BCUT2D eigenvalue weighted by Gasteiger charge is 2.22. The molecule has 0 radical (unpaired) electrons. The molecule has 160 valence electrons. The number of nitrogens with zero attached hydrogens (tertiary/aromatic N) is 1. The van der Waals surface area contributed by atoms with Crippen LogP contribution in [-0.4, -0.2) is 56.1 Å². The van der Waals surface area contributed by atoms with Crippen molar-refractivity contribution in [1.29, 1.82) is 0 Å². The normalized spacial score (nSPS) is 20.3. The van der Waals surface area contributed by atoms with Crippen LogP contribution in [0.2, 0.25) is 0 Å². The molecule has 2 amide bonds. The Labute approximate surface area is 177 Å². The Balaban J connectivity index is 2.06. The van der Waals surface area contributed by atoms with Gasteiger partial charge >= 0.3 is 0 Å². The molecule has 3 N–H and O–H groups in total. The summed E-state index contributed by atoms with van der Waals surface area (Å²) in [6.07, 6.45) is 0.785. The van der Waals surface area contributed by atoms with Crippen LogP contribution in [0.15, 0.2) is 42.5 Å². The molecule has 0 aliphatic carbocycles. The summed E-state index contributed by atoms with van der Waals surface area (Å²) in [5.74, 6) is 1.12. The van der Waals surface area contributed by atoms with Crippen molar-refractivity contribution in [3.63, 3.8) is 0 Å². The summed E-state index contributed by atoms with van der Waals surface area (Å²) < 4.78 is 11.4. The number of fused-ring (bicyclic) bond motifs is 4. The van der Waals surface area contributed by atoms with E-state index in [9.17, 15) is 9.59 Å². The van der Waals surface area contributed by atoms with Gasteiger partial charge in [0.15, 0.2) is 0 Å². The first-order valence-corrected chi connectivity index (χ1v) is 10.1. The summed E-state index contributed by atoms with van der Waals surface area (Å²) in [5, 5.41) is 2.95. The number of rotatable bonds is 2. The molecule has 30 heavy (non-hydrogen) atoms. The van der Waals surface area contributed by atoms with Gasteiger partial charge in [-0.25, -0.2) is 0 Å². The summed E-state index contributed by atoms with van der Waals surface area (Å²) in [4.78, 5) is 27.1. The van der Waals surface area contributed by atoms with E-state index in [1.54, 1.807) is 25.1 Å². The minimum Gasteiger partial charge on any atom is -0.497 e. The molecular weight excluding hydrogens is 382 g/mol. The van der Waals surface area contributed by atoms with Gasteiger partial charge in [0.1, 0.15) is 18.1 Å². The lowest BCUT2D eigenvalue weighted by molar-refractivity contribution is -0.122. The van der Waals surface area contributed by atoms with Gasteiger partial charge in [0.2, 0.25) is 5.91 Å². The van der Waals surface area contributed by atoms with Crippen LogP contribution < -0.4 is 20.5 Å². The molecule has 1 heterocycles. The first kappa shape index (κ1) is 21.6. The maximum atomic E-state index is 13.1. The fraction of sp³-hybridized carbons (Fsp3) is 0.391. The predicted molar refractivity (Wildman–Crippen MR) is 116 cm³/mol. The van der Waals surface area contributed by atoms with Gasteiger partial charge in [-0.2, -0.15) is 0 Å². The molecule has 3 rings (SSSR count). The SMILES string of the molecule is COc1ccc2c(c1)-c1cccc(c1)C(=O)N(C)[C@H](CN)CCC(=O)N[C@H](C)CO2. The summed E-state index contributed by atoms with van der Waals surface area (Å²) >= 11 is 0. The van der Waals surface area contributed by atoms with Gasteiger partial charge in [-0.15, -0.1) is 0 Å². The van der Waals surface area contributed by atoms with Crippen LogP contribution >= 0.6 is 0 Å². The molecule has 7 heteroatoms. The second-order valence-corrected chi connectivity index (χ2v) is 7.57. The largest absolute Gasteiger partial charge is 0.497 e. The number of likely N-dealkylation sites (N-methyl/N-ethyl adjacent to an activating group) is 1. The molecule has 7 nitrogen and oxygen atoms in total. The van der Waals surface area contributed by atoms with Gasteiger partial charge in [0.05, 0.1) is 13.2 Å². The summed E-state index contributed by atoms with van der Waals surface area (Å²) in [7, 11) is 3.33. The van der Waals surface area contributed by atoms with Gasteiger partial charge in [0.25, 0.3) is 5.91 Å². The number of methoxy groups -OCH3 is 1. The van der Waals surface area contributed by atoms with E-state index >= 15 is 0 Å². The number of nitrogens with two attached hydrogens (primary N) is 1. The number of amides is 2. The van der Waals surface area contributed by atoms with Crippen LogP contribution in [0.5, 0.6) is 11.5 Å². The minimum absolute atomic E-state index is 0.0872. The standard InChI is InChI=1S/C23H29N3O4/c1-15-14-30-21-9-8-19(29-3)12-20(21)16-5-4-6-17(11-16)23(28)26(2)18(13-24)7-10-22(27)25-15/h4-6,8-9,11-12,15,18H,7,10,13-14,24H2,1-3H3,(H,25,27)/t15-,18+/m1/s1. The maximum absolute atomic E-state index is 13.1. The minimum atomic E-state index is -0.226. The second kappa shape index (κ2) is 9.63. The number of benzene rings is 2.